The van der Waals surface area contributed by atoms with Crippen molar-refractivity contribution in [1.29, 1.82) is 0 Å². The molecule has 2 heterocycles. The fraction of sp³-hybridized carbons (Fsp3) is 0.600. The maximum Gasteiger partial charge on any atom is 0.251 e. The van der Waals surface area contributed by atoms with Gasteiger partial charge < -0.3 is 9.30 Å². The summed E-state index contributed by atoms with van der Waals surface area (Å²) in [6, 6.07) is 1.50. The second kappa shape index (κ2) is 4.28. The third-order valence-electron chi connectivity index (χ3n) is 2.86. The van der Waals surface area contributed by atoms with E-state index in [0.29, 0.717) is 10.7 Å². The van der Waals surface area contributed by atoms with Crippen molar-refractivity contribution in [2.45, 2.75) is 26.0 Å². The number of rotatable bonds is 2. The molecule has 0 spiro atoms. The second-order valence-corrected chi connectivity index (χ2v) is 4.27. The third-order valence-corrected chi connectivity index (χ3v) is 3.20. The van der Waals surface area contributed by atoms with E-state index in [1.54, 1.807) is 6.20 Å². The Morgan fingerprint density at radius 2 is 2.53 bits per heavy atom. The molecule has 1 N–H and O–H groups in total. The number of hydrogen-bond acceptors (Lipinski definition) is 3. The molecule has 0 bridgehead atoms. The van der Waals surface area contributed by atoms with Gasteiger partial charge in [-0.15, -0.1) is 0 Å². The summed E-state index contributed by atoms with van der Waals surface area (Å²) >= 11 is 5.08. The van der Waals surface area contributed by atoms with Crippen LogP contribution in [-0.2, 0) is 11.3 Å². The fourth-order valence-electron chi connectivity index (χ4n) is 1.86. The summed E-state index contributed by atoms with van der Waals surface area (Å²) in [6.45, 7) is 3.71. The summed E-state index contributed by atoms with van der Waals surface area (Å²) in [7, 11) is 0. The van der Waals surface area contributed by atoms with Gasteiger partial charge in [0.2, 0.25) is 0 Å². The van der Waals surface area contributed by atoms with Gasteiger partial charge in [-0.05, 0) is 25.6 Å². The molecular weight excluding hydrogens is 212 g/mol. The van der Waals surface area contributed by atoms with E-state index in [9.17, 15) is 4.79 Å². The number of hydrogen-bond donors (Lipinski definition) is 1. The van der Waals surface area contributed by atoms with E-state index in [2.05, 4.69) is 11.9 Å². The Kier molecular flexibility index (Phi) is 3.02. The van der Waals surface area contributed by atoms with E-state index in [-0.39, 0.29) is 11.7 Å². The Hall–Kier alpha value is -0.940. The smallest absolute Gasteiger partial charge is 0.251 e. The van der Waals surface area contributed by atoms with Gasteiger partial charge in [-0.1, -0.05) is 0 Å². The first kappa shape index (κ1) is 10.6. The zero-order valence-electron chi connectivity index (χ0n) is 8.60. The Labute approximate surface area is 92.9 Å². The molecule has 2 atom stereocenters. The van der Waals surface area contributed by atoms with Crippen LogP contribution in [0.5, 0.6) is 0 Å². The van der Waals surface area contributed by atoms with Crippen molar-refractivity contribution in [2.24, 2.45) is 5.92 Å². The lowest BCUT2D eigenvalue weighted by Crippen LogP contribution is -2.20. The molecular formula is C10H14N2O2S. The van der Waals surface area contributed by atoms with Gasteiger partial charge in [0, 0.05) is 31.3 Å². The predicted octanol–water partition coefficient (Wildman–Crippen LogP) is 1.33. The minimum Gasteiger partial charge on any atom is -0.378 e. The first-order valence-corrected chi connectivity index (χ1v) is 5.49. The highest BCUT2D eigenvalue weighted by Gasteiger charge is 2.24. The van der Waals surface area contributed by atoms with Gasteiger partial charge in [-0.2, -0.15) is 0 Å². The predicted molar refractivity (Wildman–Crippen MR) is 59.4 cm³/mol. The van der Waals surface area contributed by atoms with Gasteiger partial charge in [-0.25, -0.2) is 0 Å². The Bertz CT molecular complexity index is 451. The van der Waals surface area contributed by atoms with Crippen LogP contribution in [0, 0.1) is 10.7 Å². The summed E-state index contributed by atoms with van der Waals surface area (Å²) in [5.41, 5.74) is -0.146. The van der Waals surface area contributed by atoms with Crippen molar-refractivity contribution in [3.05, 3.63) is 27.4 Å². The van der Waals surface area contributed by atoms with E-state index in [1.165, 1.54) is 6.07 Å². The summed E-state index contributed by atoms with van der Waals surface area (Å²) in [6.07, 6.45) is 3.08. The molecule has 1 aliphatic heterocycles. The van der Waals surface area contributed by atoms with Gasteiger partial charge >= 0.3 is 0 Å². The molecule has 0 amide bonds. The van der Waals surface area contributed by atoms with Crippen molar-refractivity contribution in [1.82, 2.24) is 9.55 Å². The van der Waals surface area contributed by atoms with Gasteiger partial charge in [0.05, 0.1) is 6.10 Å². The molecule has 0 radical (unpaired) electrons. The second-order valence-electron chi connectivity index (χ2n) is 3.89. The standard InChI is InChI=1S/C10H14N2O2S/c1-7-8(3-5-14-7)6-12-4-2-9(13)11-10(12)15/h2,4,7-8H,3,5-6H2,1H3,(H,11,13,15). The number of nitrogens with zero attached hydrogens (tertiary/aromatic N) is 1. The Morgan fingerprint density at radius 1 is 1.73 bits per heavy atom. The quantitative estimate of drug-likeness (QED) is 0.774. The van der Waals surface area contributed by atoms with Gasteiger partial charge in [0.1, 0.15) is 0 Å². The maximum absolute atomic E-state index is 11.0. The third kappa shape index (κ3) is 2.35. The lowest BCUT2D eigenvalue weighted by atomic mass is 10.0. The van der Waals surface area contributed by atoms with Crippen LogP contribution in [0.2, 0.25) is 0 Å². The zero-order valence-corrected chi connectivity index (χ0v) is 9.42. The molecule has 4 nitrogen and oxygen atoms in total. The van der Waals surface area contributed by atoms with E-state index < -0.39 is 0 Å². The van der Waals surface area contributed by atoms with Crippen molar-refractivity contribution in [2.75, 3.05) is 6.61 Å². The summed E-state index contributed by atoms with van der Waals surface area (Å²) in [4.78, 5) is 13.6. The van der Waals surface area contributed by atoms with E-state index in [1.807, 2.05) is 4.57 Å². The highest BCUT2D eigenvalue weighted by Crippen LogP contribution is 2.21. The number of aromatic amines is 1. The number of ether oxygens (including phenoxy) is 1. The van der Waals surface area contributed by atoms with Gasteiger partial charge in [-0.3, -0.25) is 9.78 Å². The molecule has 1 saturated heterocycles. The topological polar surface area (TPSA) is 47.0 Å². The average Bonchev–Trinajstić information content (AvgIpc) is 2.57. The van der Waals surface area contributed by atoms with Crippen molar-refractivity contribution < 1.29 is 4.74 Å². The number of nitrogens with one attached hydrogen (secondary N) is 1. The SMILES string of the molecule is CC1OCCC1Cn1ccc(=O)[nH]c1=S. The van der Waals surface area contributed by atoms with Crippen LogP contribution >= 0.6 is 12.2 Å². The number of aromatic nitrogens is 2. The first-order chi connectivity index (χ1) is 7.16. The Balaban J connectivity index is 2.17. The van der Waals surface area contributed by atoms with Gasteiger partial charge in [0.25, 0.3) is 5.56 Å². The highest BCUT2D eigenvalue weighted by molar-refractivity contribution is 7.71. The highest BCUT2D eigenvalue weighted by atomic mass is 32.1. The molecule has 2 unspecified atom stereocenters. The first-order valence-electron chi connectivity index (χ1n) is 5.08. The summed E-state index contributed by atoms with van der Waals surface area (Å²) < 4.78 is 7.86. The normalized spacial score (nSPS) is 25.7. The van der Waals surface area contributed by atoms with Crippen LogP contribution in [0.3, 0.4) is 0 Å². The maximum atomic E-state index is 11.0. The molecule has 0 saturated carbocycles. The monoisotopic (exact) mass is 226 g/mol. The van der Waals surface area contributed by atoms with Crippen LogP contribution in [0.15, 0.2) is 17.1 Å². The van der Waals surface area contributed by atoms with E-state index in [0.717, 1.165) is 19.6 Å². The summed E-state index contributed by atoms with van der Waals surface area (Å²) in [5.74, 6) is 0.489. The lowest BCUT2D eigenvalue weighted by Gasteiger charge is -2.15. The molecule has 1 aromatic rings. The minimum atomic E-state index is -0.146. The van der Waals surface area contributed by atoms with Gasteiger partial charge in [0.15, 0.2) is 4.77 Å². The molecule has 1 aromatic heterocycles. The molecule has 5 heteroatoms. The minimum absolute atomic E-state index is 0.146. The molecule has 82 valence electrons. The largest absolute Gasteiger partial charge is 0.378 e. The van der Waals surface area contributed by atoms with Crippen LogP contribution in [0.25, 0.3) is 0 Å². The lowest BCUT2D eigenvalue weighted by molar-refractivity contribution is 0.101. The van der Waals surface area contributed by atoms with Crippen LogP contribution in [0.4, 0.5) is 0 Å². The van der Waals surface area contributed by atoms with Crippen LogP contribution in [-0.4, -0.2) is 22.3 Å². The zero-order chi connectivity index (χ0) is 10.8. The number of H-pyrrole nitrogens is 1. The van der Waals surface area contributed by atoms with E-state index >= 15 is 0 Å². The van der Waals surface area contributed by atoms with Crippen molar-refractivity contribution in [3.8, 4) is 0 Å². The fourth-order valence-corrected chi connectivity index (χ4v) is 2.09. The van der Waals surface area contributed by atoms with Crippen LogP contribution < -0.4 is 5.56 Å². The average molecular weight is 226 g/mol. The van der Waals surface area contributed by atoms with Crippen molar-refractivity contribution >= 4 is 12.2 Å². The molecule has 1 fully saturated rings. The molecule has 2 rings (SSSR count). The van der Waals surface area contributed by atoms with Crippen LogP contribution in [0.1, 0.15) is 13.3 Å². The van der Waals surface area contributed by atoms with E-state index in [4.69, 9.17) is 17.0 Å². The van der Waals surface area contributed by atoms with Crippen molar-refractivity contribution in [3.63, 3.8) is 0 Å². The Morgan fingerprint density at radius 3 is 3.13 bits per heavy atom. The molecule has 1 aliphatic rings. The molecule has 15 heavy (non-hydrogen) atoms. The molecule has 0 aliphatic carbocycles. The molecule has 0 aromatic carbocycles. The summed E-state index contributed by atoms with van der Waals surface area (Å²) in [5, 5.41) is 0.